The molecule has 1 aromatic heterocycles. The van der Waals surface area contributed by atoms with Crippen LogP contribution in [0.15, 0.2) is 36.5 Å². The highest BCUT2D eigenvalue weighted by molar-refractivity contribution is 5.84. The molecule has 0 saturated carbocycles. The minimum absolute atomic E-state index is 0.208. The monoisotopic (exact) mass is 259 g/mol. The fraction of sp³-hybridized carbons (Fsp3) is 0.286. The van der Waals surface area contributed by atoms with Crippen molar-refractivity contribution in [2.75, 3.05) is 13.7 Å². The van der Waals surface area contributed by atoms with Gasteiger partial charge in [0.15, 0.2) is 0 Å². The van der Waals surface area contributed by atoms with E-state index < -0.39 is 6.04 Å². The summed E-state index contributed by atoms with van der Waals surface area (Å²) in [6, 6.07) is 9.11. The lowest BCUT2D eigenvalue weighted by atomic mass is 10.1. The van der Waals surface area contributed by atoms with Crippen LogP contribution >= 0.6 is 0 Å². The summed E-state index contributed by atoms with van der Waals surface area (Å²) in [5.74, 6) is -0.227. The van der Waals surface area contributed by atoms with E-state index in [0.29, 0.717) is 6.54 Å². The largest absolute Gasteiger partial charge is 0.383 e. The van der Waals surface area contributed by atoms with Crippen molar-refractivity contribution in [2.24, 2.45) is 5.73 Å². The molecule has 0 unspecified atom stereocenters. The first-order valence-electron chi connectivity index (χ1n) is 6.07. The number of carbonyl (C=O) groups is 1. The zero-order valence-corrected chi connectivity index (χ0v) is 10.8. The maximum Gasteiger partial charge on any atom is 0.239 e. The molecule has 2 rings (SSSR count). The summed E-state index contributed by atoms with van der Waals surface area (Å²) in [6.45, 7) is 0.615. The zero-order chi connectivity index (χ0) is 13.7. The minimum atomic E-state index is -0.645. The van der Waals surface area contributed by atoms with E-state index in [1.165, 1.54) is 7.11 Å². The second-order valence-electron chi connectivity index (χ2n) is 4.27. The standard InChI is InChI=1S/C14H17N3O2/c1-19-9-12(15)14(18)17-8-11-5-2-4-10-6-3-7-16-13(10)11/h2-7,12H,8-9,15H2,1H3,(H,17,18)/t12-/m0/s1. The van der Waals surface area contributed by atoms with Gasteiger partial charge in [-0.05, 0) is 11.6 Å². The number of methoxy groups -OCH3 is 1. The van der Waals surface area contributed by atoms with E-state index in [0.717, 1.165) is 16.5 Å². The van der Waals surface area contributed by atoms with Crippen molar-refractivity contribution in [3.05, 3.63) is 42.1 Å². The number of rotatable bonds is 5. The molecule has 5 nitrogen and oxygen atoms in total. The van der Waals surface area contributed by atoms with Gasteiger partial charge in [0.2, 0.25) is 5.91 Å². The highest BCUT2D eigenvalue weighted by atomic mass is 16.5. The van der Waals surface area contributed by atoms with Crippen LogP contribution in [0.1, 0.15) is 5.56 Å². The van der Waals surface area contributed by atoms with Crippen molar-refractivity contribution in [3.8, 4) is 0 Å². The molecule has 1 amide bonds. The number of para-hydroxylation sites is 1. The molecule has 3 N–H and O–H groups in total. The molecule has 100 valence electrons. The molecule has 0 fully saturated rings. The number of nitrogens with one attached hydrogen (secondary N) is 1. The third-order valence-corrected chi connectivity index (χ3v) is 2.85. The van der Waals surface area contributed by atoms with Crippen LogP contribution in [-0.4, -0.2) is 30.6 Å². The minimum Gasteiger partial charge on any atom is -0.383 e. The van der Waals surface area contributed by atoms with Gasteiger partial charge in [-0.25, -0.2) is 0 Å². The number of benzene rings is 1. The number of hydrogen-bond donors (Lipinski definition) is 2. The molecule has 1 heterocycles. The highest BCUT2D eigenvalue weighted by Crippen LogP contribution is 2.15. The molecular weight excluding hydrogens is 242 g/mol. The van der Waals surface area contributed by atoms with Gasteiger partial charge in [-0.3, -0.25) is 9.78 Å². The van der Waals surface area contributed by atoms with E-state index in [4.69, 9.17) is 10.5 Å². The molecule has 0 aliphatic carbocycles. The Balaban J connectivity index is 2.08. The van der Waals surface area contributed by atoms with E-state index in [9.17, 15) is 4.79 Å². The van der Waals surface area contributed by atoms with Crippen LogP contribution in [0.5, 0.6) is 0 Å². The van der Waals surface area contributed by atoms with Gasteiger partial charge in [0.25, 0.3) is 0 Å². The predicted octanol–water partition coefficient (Wildman–Crippen LogP) is 0.825. The first-order valence-corrected chi connectivity index (χ1v) is 6.07. The van der Waals surface area contributed by atoms with E-state index in [1.807, 2.05) is 30.3 Å². The number of amides is 1. The van der Waals surface area contributed by atoms with Crippen LogP contribution in [-0.2, 0) is 16.1 Å². The number of fused-ring (bicyclic) bond motifs is 1. The maximum atomic E-state index is 11.7. The summed E-state index contributed by atoms with van der Waals surface area (Å²) in [6.07, 6.45) is 1.74. The summed E-state index contributed by atoms with van der Waals surface area (Å²) in [7, 11) is 1.52. The van der Waals surface area contributed by atoms with Crippen LogP contribution in [0.2, 0.25) is 0 Å². The lowest BCUT2D eigenvalue weighted by Gasteiger charge is -2.12. The number of nitrogens with two attached hydrogens (primary N) is 1. The Morgan fingerprint density at radius 2 is 2.21 bits per heavy atom. The topological polar surface area (TPSA) is 77.2 Å². The molecule has 1 aromatic carbocycles. The molecule has 2 aromatic rings. The predicted molar refractivity (Wildman–Crippen MR) is 73.4 cm³/mol. The zero-order valence-electron chi connectivity index (χ0n) is 10.8. The fourth-order valence-electron chi connectivity index (χ4n) is 1.88. The van der Waals surface area contributed by atoms with Crippen LogP contribution in [0.25, 0.3) is 10.9 Å². The van der Waals surface area contributed by atoms with Gasteiger partial charge in [0, 0.05) is 25.2 Å². The van der Waals surface area contributed by atoms with Crippen molar-refractivity contribution in [1.82, 2.24) is 10.3 Å². The Bertz CT molecular complexity index is 566. The highest BCUT2D eigenvalue weighted by Gasteiger charge is 2.12. The smallest absolute Gasteiger partial charge is 0.239 e. The average Bonchev–Trinajstić information content (AvgIpc) is 2.45. The molecule has 0 bridgehead atoms. The number of carbonyl (C=O) groups excluding carboxylic acids is 1. The normalized spacial score (nSPS) is 12.3. The van der Waals surface area contributed by atoms with Crippen LogP contribution in [0.3, 0.4) is 0 Å². The third-order valence-electron chi connectivity index (χ3n) is 2.85. The molecule has 0 saturated heterocycles. The summed E-state index contributed by atoms with van der Waals surface area (Å²) in [5.41, 5.74) is 7.51. The average molecular weight is 259 g/mol. The van der Waals surface area contributed by atoms with Crippen molar-refractivity contribution in [2.45, 2.75) is 12.6 Å². The molecule has 1 atom stereocenters. The van der Waals surface area contributed by atoms with Gasteiger partial charge >= 0.3 is 0 Å². The van der Waals surface area contributed by atoms with Crippen LogP contribution < -0.4 is 11.1 Å². The molecule has 19 heavy (non-hydrogen) atoms. The van der Waals surface area contributed by atoms with Gasteiger partial charge in [0.05, 0.1) is 12.1 Å². The quantitative estimate of drug-likeness (QED) is 0.833. The number of nitrogens with zero attached hydrogens (tertiary/aromatic N) is 1. The van der Waals surface area contributed by atoms with Crippen molar-refractivity contribution < 1.29 is 9.53 Å². The van der Waals surface area contributed by atoms with Gasteiger partial charge in [-0.1, -0.05) is 24.3 Å². The lowest BCUT2D eigenvalue weighted by Crippen LogP contribution is -2.43. The Labute approximate surface area is 111 Å². The van der Waals surface area contributed by atoms with Crippen molar-refractivity contribution >= 4 is 16.8 Å². The summed E-state index contributed by atoms with van der Waals surface area (Å²) in [5, 5.41) is 3.84. The summed E-state index contributed by atoms with van der Waals surface area (Å²) < 4.78 is 4.85. The van der Waals surface area contributed by atoms with Crippen molar-refractivity contribution in [1.29, 1.82) is 0 Å². The molecule has 0 spiro atoms. The SMILES string of the molecule is COC[C@H](N)C(=O)NCc1cccc2cccnc12. The number of pyridine rings is 1. The summed E-state index contributed by atoms with van der Waals surface area (Å²) in [4.78, 5) is 16.0. The van der Waals surface area contributed by atoms with Crippen LogP contribution in [0, 0.1) is 0 Å². The Kier molecular flexibility index (Phi) is 4.43. The number of aromatic nitrogens is 1. The first-order chi connectivity index (χ1) is 9.22. The number of hydrogen-bond acceptors (Lipinski definition) is 4. The summed E-state index contributed by atoms with van der Waals surface area (Å²) >= 11 is 0. The van der Waals surface area contributed by atoms with Crippen LogP contribution in [0.4, 0.5) is 0 Å². The Morgan fingerprint density at radius 3 is 3.00 bits per heavy atom. The first kappa shape index (κ1) is 13.5. The van der Waals surface area contributed by atoms with Crippen molar-refractivity contribution in [3.63, 3.8) is 0 Å². The van der Waals surface area contributed by atoms with E-state index in [2.05, 4.69) is 10.3 Å². The molecule has 5 heteroatoms. The van der Waals surface area contributed by atoms with E-state index >= 15 is 0 Å². The molecule has 0 aliphatic heterocycles. The molecular formula is C14H17N3O2. The van der Waals surface area contributed by atoms with Gasteiger partial charge in [-0.2, -0.15) is 0 Å². The lowest BCUT2D eigenvalue weighted by molar-refractivity contribution is -0.123. The van der Waals surface area contributed by atoms with Gasteiger partial charge < -0.3 is 15.8 Å². The molecule has 0 aliphatic rings. The van der Waals surface area contributed by atoms with E-state index in [1.54, 1.807) is 6.20 Å². The third kappa shape index (κ3) is 3.27. The molecule has 0 radical (unpaired) electrons. The number of ether oxygens (including phenoxy) is 1. The maximum absolute atomic E-state index is 11.7. The van der Waals surface area contributed by atoms with E-state index in [-0.39, 0.29) is 12.5 Å². The van der Waals surface area contributed by atoms with Gasteiger partial charge in [-0.15, -0.1) is 0 Å². The fourth-order valence-corrected chi connectivity index (χ4v) is 1.88. The Morgan fingerprint density at radius 1 is 1.42 bits per heavy atom. The van der Waals surface area contributed by atoms with Gasteiger partial charge in [0.1, 0.15) is 6.04 Å². The second kappa shape index (κ2) is 6.26. The Hall–Kier alpha value is -1.98. The second-order valence-corrected chi connectivity index (χ2v) is 4.27.